The molecule has 0 radical (unpaired) electrons. The second kappa shape index (κ2) is 8.56. The van der Waals surface area contributed by atoms with Gasteiger partial charge in [0.05, 0.1) is 10.0 Å². The predicted octanol–water partition coefficient (Wildman–Crippen LogP) is 2.97. The molecule has 0 aromatic heterocycles. The minimum absolute atomic E-state index is 0.264. The van der Waals surface area contributed by atoms with E-state index in [9.17, 15) is 4.79 Å². The van der Waals surface area contributed by atoms with E-state index in [1.54, 1.807) is 6.07 Å². The average molecular weight is 360 g/mol. The first-order valence-corrected chi connectivity index (χ1v) is 8.46. The maximum atomic E-state index is 11.5. The minimum Gasteiger partial charge on any atom is -0.363 e. The number of carbonyl (C=O) groups excluding carboxylic acids is 1. The molecule has 2 N–H and O–H groups in total. The zero-order chi connectivity index (χ0) is 15.9. The summed E-state index contributed by atoms with van der Waals surface area (Å²) in [6.45, 7) is 3.02. The van der Waals surface area contributed by atoms with Crippen molar-refractivity contribution in [3.05, 3.63) is 33.8 Å². The van der Waals surface area contributed by atoms with Crippen molar-refractivity contribution in [2.24, 2.45) is 0 Å². The summed E-state index contributed by atoms with van der Waals surface area (Å²) < 4.78 is 0. The van der Waals surface area contributed by atoms with Gasteiger partial charge in [-0.15, -0.1) is 0 Å². The van der Waals surface area contributed by atoms with Crippen LogP contribution >= 0.6 is 35.4 Å². The summed E-state index contributed by atoms with van der Waals surface area (Å²) in [4.78, 5) is 13.4. The van der Waals surface area contributed by atoms with E-state index in [-0.39, 0.29) is 5.91 Å². The number of halogens is 2. The SMILES string of the molecule is O=C1CCCN1CCCNC(=S)NCc1ccc(Cl)c(Cl)c1. The summed E-state index contributed by atoms with van der Waals surface area (Å²) in [6.07, 6.45) is 2.56. The van der Waals surface area contributed by atoms with E-state index in [0.717, 1.165) is 38.0 Å². The first-order valence-electron chi connectivity index (χ1n) is 7.29. The zero-order valence-electron chi connectivity index (χ0n) is 12.2. The number of hydrogen-bond acceptors (Lipinski definition) is 2. The fourth-order valence-electron chi connectivity index (χ4n) is 2.31. The zero-order valence-corrected chi connectivity index (χ0v) is 14.5. The summed E-state index contributed by atoms with van der Waals surface area (Å²) in [5, 5.41) is 7.94. The van der Waals surface area contributed by atoms with Crippen LogP contribution in [0.1, 0.15) is 24.8 Å². The Morgan fingerprint density at radius 3 is 2.77 bits per heavy atom. The number of thiocarbonyl (C=S) groups is 1. The molecule has 120 valence electrons. The Kier molecular flexibility index (Phi) is 6.73. The van der Waals surface area contributed by atoms with Crippen molar-refractivity contribution >= 4 is 46.4 Å². The van der Waals surface area contributed by atoms with Crippen LogP contribution in [0.2, 0.25) is 10.0 Å². The highest BCUT2D eigenvalue weighted by Crippen LogP contribution is 2.22. The molecule has 1 heterocycles. The molecule has 1 aliphatic rings. The first kappa shape index (κ1) is 17.3. The molecule has 4 nitrogen and oxygen atoms in total. The van der Waals surface area contributed by atoms with Crippen molar-refractivity contribution in [3.63, 3.8) is 0 Å². The molecule has 1 saturated heterocycles. The number of nitrogens with zero attached hydrogens (tertiary/aromatic N) is 1. The predicted molar refractivity (Wildman–Crippen MR) is 94.3 cm³/mol. The molecule has 0 spiro atoms. The molecule has 0 atom stereocenters. The van der Waals surface area contributed by atoms with Crippen LogP contribution in [0, 0.1) is 0 Å². The molecule has 0 aliphatic carbocycles. The van der Waals surface area contributed by atoms with Gasteiger partial charge >= 0.3 is 0 Å². The fourth-order valence-corrected chi connectivity index (χ4v) is 2.80. The van der Waals surface area contributed by atoms with Crippen molar-refractivity contribution in [2.75, 3.05) is 19.6 Å². The molecule has 1 aliphatic heterocycles. The van der Waals surface area contributed by atoms with E-state index in [0.29, 0.717) is 28.1 Å². The van der Waals surface area contributed by atoms with Gasteiger partial charge in [0.25, 0.3) is 0 Å². The van der Waals surface area contributed by atoms with E-state index in [2.05, 4.69) is 10.6 Å². The minimum atomic E-state index is 0.264. The second-order valence-electron chi connectivity index (χ2n) is 5.20. The normalized spacial score (nSPS) is 14.3. The quantitative estimate of drug-likeness (QED) is 0.605. The van der Waals surface area contributed by atoms with Gasteiger partial charge in [0, 0.05) is 32.6 Å². The Hall–Kier alpha value is -1.04. The van der Waals surface area contributed by atoms with Crippen molar-refractivity contribution in [2.45, 2.75) is 25.8 Å². The smallest absolute Gasteiger partial charge is 0.222 e. The van der Waals surface area contributed by atoms with Gasteiger partial charge in [-0.2, -0.15) is 0 Å². The van der Waals surface area contributed by atoms with Crippen LogP contribution in [-0.2, 0) is 11.3 Å². The molecule has 1 fully saturated rings. The number of amides is 1. The molecule has 0 saturated carbocycles. The van der Waals surface area contributed by atoms with Crippen LogP contribution in [-0.4, -0.2) is 35.6 Å². The molecular formula is C15H19Cl2N3OS. The van der Waals surface area contributed by atoms with Crippen molar-refractivity contribution in [1.82, 2.24) is 15.5 Å². The number of rotatable bonds is 6. The lowest BCUT2D eigenvalue weighted by atomic mass is 10.2. The average Bonchev–Trinajstić information content (AvgIpc) is 2.90. The van der Waals surface area contributed by atoms with Gasteiger partial charge in [0.2, 0.25) is 5.91 Å². The highest BCUT2D eigenvalue weighted by Gasteiger charge is 2.18. The van der Waals surface area contributed by atoms with E-state index < -0.39 is 0 Å². The Morgan fingerprint density at radius 2 is 2.09 bits per heavy atom. The molecule has 7 heteroatoms. The summed E-state index contributed by atoms with van der Waals surface area (Å²) in [7, 11) is 0. The standard InChI is InChI=1S/C15H19Cl2N3OS/c16-12-5-4-11(9-13(12)17)10-19-15(22)18-6-2-8-20-7-1-3-14(20)21/h4-5,9H,1-3,6-8,10H2,(H2,18,19,22). The van der Waals surface area contributed by atoms with Crippen LogP contribution in [0.25, 0.3) is 0 Å². The van der Waals surface area contributed by atoms with Gasteiger partial charge < -0.3 is 15.5 Å². The van der Waals surface area contributed by atoms with Crippen LogP contribution in [0.3, 0.4) is 0 Å². The topological polar surface area (TPSA) is 44.4 Å². The molecular weight excluding hydrogens is 341 g/mol. The number of nitrogens with one attached hydrogen (secondary N) is 2. The summed E-state index contributed by atoms with van der Waals surface area (Å²) in [5.41, 5.74) is 1.02. The van der Waals surface area contributed by atoms with Crippen LogP contribution in [0.15, 0.2) is 18.2 Å². The van der Waals surface area contributed by atoms with Crippen LogP contribution in [0.4, 0.5) is 0 Å². The van der Waals surface area contributed by atoms with Crippen molar-refractivity contribution in [3.8, 4) is 0 Å². The molecule has 0 unspecified atom stereocenters. The summed E-state index contributed by atoms with van der Waals surface area (Å²) >= 11 is 17.1. The maximum absolute atomic E-state index is 11.5. The van der Waals surface area contributed by atoms with E-state index in [1.807, 2.05) is 17.0 Å². The van der Waals surface area contributed by atoms with Gasteiger partial charge in [0.15, 0.2) is 5.11 Å². The highest BCUT2D eigenvalue weighted by molar-refractivity contribution is 7.80. The van der Waals surface area contributed by atoms with E-state index >= 15 is 0 Å². The van der Waals surface area contributed by atoms with Gasteiger partial charge in [0.1, 0.15) is 0 Å². The fraction of sp³-hybridized carbons (Fsp3) is 0.467. The Bertz CT molecular complexity index is 554. The highest BCUT2D eigenvalue weighted by atomic mass is 35.5. The van der Waals surface area contributed by atoms with Gasteiger partial charge in [-0.05, 0) is 42.8 Å². The molecule has 1 amide bonds. The lowest BCUT2D eigenvalue weighted by Crippen LogP contribution is -2.36. The third kappa shape index (κ3) is 5.30. The van der Waals surface area contributed by atoms with Crippen LogP contribution in [0.5, 0.6) is 0 Å². The Labute approximate surface area is 146 Å². The third-order valence-corrected chi connectivity index (χ3v) is 4.53. The monoisotopic (exact) mass is 359 g/mol. The molecule has 1 aromatic carbocycles. The first-order chi connectivity index (χ1) is 10.6. The maximum Gasteiger partial charge on any atom is 0.222 e. The molecule has 2 rings (SSSR count). The van der Waals surface area contributed by atoms with E-state index in [1.165, 1.54) is 0 Å². The second-order valence-corrected chi connectivity index (χ2v) is 6.42. The number of benzene rings is 1. The lowest BCUT2D eigenvalue weighted by molar-refractivity contribution is -0.127. The number of hydrogen-bond donors (Lipinski definition) is 2. The molecule has 0 bridgehead atoms. The van der Waals surface area contributed by atoms with Crippen LogP contribution < -0.4 is 10.6 Å². The number of likely N-dealkylation sites (tertiary alicyclic amines) is 1. The van der Waals surface area contributed by atoms with Gasteiger partial charge in [-0.3, -0.25) is 4.79 Å². The summed E-state index contributed by atoms with van der Waals surface area (Å²) in [6, 6.07) is 5.49. The third-order valence-electron chi connectivity index (χ3n) is 3.50. The lowest BCUT2D eigenvalue weighted by Gasteiger charge is -2.16. The largest absolute Gasteiger partial charge is 0.363 e. The van der Waals surface area contributed by atoms with Crippen molar-refractivity contribution in [1.29, 1.82) is 0 Å². The van der Waals surface area contributed by atoms with Crippen molar-refractivity contribution < 1.29 is 4.79 Å². The van der Waals surface area contributed by atoms with Gasteiger partial charge in [-0.1, -0.05) is 29.3 Å². The molecule has 22 heavy (non-hydrogen) atoms. The Morgan fingerprint density at radius 1 is 1.27 bits per heavy atom. The van der Waals surface area contributed by atoms with Gasteiger partial charge in [-0.25, -0.2) is 0 Å². The Balaban J connectivity index is 1.61. The molecule has 1 aromatic rings. The number of carbonyl (C=O) groups is 1. The summed E-state index contributed by atoms with van der Waals surface area (Å²) in [5.74, 6) is 0.264. The van der Waals surface area contributed by atoms with E-state index in [4.69, 9.17) is 35.4 Å².